The minimum absolute atomic E-state index is 0.0509. The average molecular weight is 451 g/mol. The average Bonchev–Trinajstić information content (AvgIpc) is 3.32. The lowest BCUT2D eigenvalue weighted by molar-refractivity contribution is -0.124. The summed E-state index contributed by atoms with van der Waals surface area (Å²) in [5, 5.41) is 3.24. The number of aryl methyl sites for hydroxylation is 3. The molecule has 5 rings (SSSR count). The first kappa shape index (κ1) is 20.8. The summed E-state index contributed by atoms with van der Waals surface area (Å²) < 4.78 is 32.3. The molecule has 1 amide bonds. The van der Waals surface area contributed by atoms with Crippen LogP contribution in [0.4, 0.5) is 5.69 Å². The first-order valence-electron chi connectivity index (χ1n) is 10.8. The Morgan fingerprint density at radius 1 is 1.06 bits per heavy atom. The molecule has 1 atom stereocenters. The van der Waals surface area contributed by atoms with Crippen LogP contribution in [0.15, 0.2) is 52.9 Å². The second-order valence-electron chi connectivity index (χ2n) is 9.03. The summed E-state index contributed by atoms with van der Waals surface area (Å²) in [7, 11) is -3.33. The predicted octanol–water partition coefficient (Wildman–Crippen LogP) is 4.40. The van der Waals surface area contributed by atoms with E-state index < -0.39 is 21.5 Å². The first-order valence-corrected chi connectivity index (χ1v) is 12.4. The maximum Gasteiger partial charge on any atom is 0.237 e. The Morgan fingerprint density at radius 3 is 2.50 bits per heavy atom. The third-order valence-corrected chi connectivity index (χ3v) is 7.73. The molecule has 1 aliphatic heterocycles. The Bertz CT molecular complexity index is 1340. The van der Waals surface area contributed by atoms with Crippen LogP contribution in [0.2, 0.25) is 0 Å². The molecule has 2 heterocycles. The first-order chi connectivity index (χ1) is 15.2. The number of furan rings is 1. The number of amides is 1. The molecule has 3 aromatic rings. The summed E-state index contributed by atoms with van der Waals surface area (Å²) in [6.45, 7) is 5.97. The standard InChI is InChI=1S/C25H26N2O4S/c1-15-4-7-20(16(2)12-15)23(22-9-5-17(3)31-22)26-24(28)25(10-11-25)19-6-8-21-18(13-19)14-32(29,30)27-21/h4-9,12-13,23,27H,10-11,14H2,1-3H3,(H,26,28). The van der Waals surface area contributed by atoms with E-state index in [-0.39, 0.29) is 11.7 Å². The molecule has 1 aliphatic carbocycles. The topological polar surface area (TPSA) is 88.4 Å². The van der Waals surface area contributed by atoms with Crippen LogP contribution in [-0.4, -0.2) is 14.3 Å². The van der Waals surface area contributed by atoms with Gasteiger partial charge in [-0.3, -0.25) is 9.52 Å². The van der Waals surface area contributed by atoms with Gasteiger partial charge in [0.25, 0.3) is 0 Å². The van der Waals surface area contributed by atoms with Crippen LogP contribution in [0.25, 0.3) is 0 Å². The quantitative estimate of drug-likeness (QED) is 0.603. The lowest BCUT2D eigenvalue weighted by Gasteiger charge is -2.24. The minimum atomic E-state index is -3.33. The van der Waals surface area contributed by atoms with Gasteiger partial charge in [-0.25, -0.2) is 8.42 Å². The monoisotopic (exact) mass is 450 g/mol. The molecule has 2 N–H and O–H groups in total. The van der Waals surface area contributed by atoms with Crippen molar-refractivity contribution in [1.82, 2.24) is 5.32 Å². The Hall–Kier alpha value is -3.06. The molecule has 2 aromatic carbocycles. The van der Waals surface area contributed by atoms with Crippen molar-refractivity contribution in [2.24, 2.45) is 0 Å². The number of rotatable bonds is 5. The van der Waals surface area contributed by atoms with Crippen LogP contribution in [0.1, 0.15) is 58.2 Å². The second kappa shape index (κ2) is 7.24. The lowest BCUT2D eigenvalue weighted by Crippen LogP contribution is -2.38. The number of fused-ring (bicyclic) bond motifs is 1. The summed E-state index contributed by atoms with van der Waals surface area (Å²) in [6, 6.07) is 15.1. The number of nitrogens with one attached hydrogen (secondary N) is 2. The zero-order chi connectivity index (χ0) is 22.7. The van der Waals surface area contributed by atoms with E-state index in [0.717, 1.165) is 40.9 Å². The fourth-order valence-corrected chi connectivity index (χ4v) is 5.87. The van der Waals surface area contributed by atoms with Gasteiger partial charge in [-0.2, -0.15) is 0 Å². The maximum absolute atomic E-state index is 13.6. The summed E-state index contributed by atoms with van der Waals surface area (Å²) >= 11 is 0. The van der Waals surface area contributed by atoms with Gasteiger partial charge in [0.2, 0.25) is 15.9 Å². The third-order valence-electron chi connectivity index (χ3n) is 6.51. The van der Waals surface area contributed by atoms with Crippen molar-refractivity contribution in [3.05, 3.63) is 87.9 Å². The third kappa shape index (κ3) is 3.60. The van der Waals surface area contributed by atoms with E-state index in [4.69, 9.17) is 4.42 Å². The van der Waals surface area contributed by atoms with Crippen LogP contribution in [-0.2, 0) is 26.0 Å². The number of carbonyl (C=O) groups excluding carboxylic acids is 1. The van der Waals surface area contributed by atoms with Gasteiger partial charge in [-0.15, -0.1) is 0 Å². The molecule has 1 fully saturated rings. The summed E-state index contributed by atoms with van der Waals surface area (Å²) in [4.78, 5) is 13.6. The van der Waals surface area contributed by atoms with Gasteiger partial charge in [-0.05, 0) is 74.1 Å². The normalized spacial score (nSPS) is 18.5. The fraction of sp³-hybridized carbons (Fsp3) is 0.320. The highest BCUT2D eigenvalue weighted by Crippen LogP contribution is 2.50. The van der Waals surface area contributed by atoms with E-state index in [1.54, 1.807) is 6.07 Å². The predicted molar refractivity (Wildman–Crippen MR) is 123 cm³/mol. The Balaban J connectivity index is 1.48. The van der Waals surface area contributed by atoms with Crippen LogP contribution in [0.3, 0.4) is 0 Å². The second-order valence-corrected chi connectivity index (χ2v) is 10.8. The van der Waals surface area contributed by atoms with Gasteiger partial charge in [0.15, 0.2) is 0 Å². The van der Waals surface area contributed by atoms with Gasteiger partial charge in [0.1, 0.15) is 17.6 Å². The molecule has 0 bridgehead atoms. The highest BCUT2D eigenvalue weighted by atomic mass is 32.2. The summed E-state index contributed by atoms with van der Waals surface area (Å²) in [5.74, 6) is 1.37. The molecule has 1 aromatic heterocycles. The van der Waals surface area contributed by atoms with Gasteiger partial charge < -0.3 is 9.73 Å². The molecule has 1 unspecified atom stereocenters. The van der Waals surface area contributed by atoms with Gasteiger partial charge in [0.05, 0.1) is 16.9 Å². The molecule has 2 aliphatic rings. The van der Waals surface area contributed by atoms with E-state index in [0.29, 0.717) is 17.0 Å². The van der Waals surface area contributed by atoms with Crippen molar-refractivity contribution in [2.75, 3.05) is 4.72 Å². The van der Waals surface area contributed by atoms with Crippen molar-refractivity contribution in [3.63, 3.8) is 0 Å². The summed E-state index contributed by atoms with van der Waals surface area (Å²) in [5.41, 5.74) is 4.79. The van der Waals surface area contributed by atoms with Crippen LogP contribution in [0, 0.1) is 20.8 Å². The fourth-order valence-electron chi connectivity index (χ4n) is 4.62. The molecule has 0 saturated heterocycles. The van der Waals surface area contributed by atoms with Crippen LogP contribution < -0.4 is 10.0 Å². The zero-order valence-corrected chi connectivity index (χ0v) is 19.2. The molecule has 166 valence electrons. The Labute approximate surface area is 188 Å². The van der Waals surface area contributed by atoms with Gasteiger partial charge in [0, 0.05) is 0 Å². The number of hydrogen-bond donors (Lipinski definition) is 2. The smallest absolute Gasteiger partial charge is 0.237 e. The summed E-state index contributed by atoms with van der Waals surface area (Å²) in [6.07, 6.45) is 1.46. The van der Waals surface area contributed by atoms with E-state index >= 15 is 0 Å². The van der Waals surface area contributed by atoms with Gasteiger partial charge >= 0.3 is 0 Å². The zero-order valence-electron chi connectivity index (χ0n) is 18.4. The molecule has 6 nitrogen and oxygen atoms in total. The van der Waals surface area contributed by atoms with Crippen molar-refractivity contribution < 1.29 is 17.6 Å². The van der Waals surface area contributed by atoms with Gasteiger partial charge in [-0.1, -0.05) is 35.9 Å². The van der Waals surface area contributed by atoms with E-state index in [9.17, 15) is 13.2 Å². The van der Waals surface area contributed by atoms with E-state index in [2.05, 4.69) is 16.1 Å². The Morgan fingerprint density at radius 2 is 1.84 bits per heavy atom. The highest BCUT2D eigenvalue weighted by molar-refractivity contribution is 7.92. The van der Waals surface area contributed by atoms with E-state index in [1.165, 1.54) is 0 Å². The Kier molecular flexibility index (Phi) is 4.71. The molecule has 0 spiro atoms. The minimum Gasteiger partial charge on any atom is -0.464 e. The number of sulfonamides is 1. The number of anilines is 1. The van der Waals surface area contributed by atoms with Crippen LogP contribution in [0.5, 0.6) is 0 Å². The highest BCUT2D eigenvalue weighted by Gasteiger charge is 2.52. The van der Waals surface area contributed by atoms with E-state index in [1.807, 2.05) is 57.2 Å². The molecule has 7 heteroatoms. The molecule has 0 radical (unpaired) electrons. The van der Waals surface area contributed by atoms with Crippen molar-refractivity contribution >= 4 is 21.6 Å². The number of carbonyl (C=O) groups is 1. The lowest BCUT2D eigenvalue weighted by atomic mass is 9.91. The largest absolute Gasteiger partial charge is 0.464 e. The van der Waals surface area contributed by atoms with Crippen LogP contribution >= 0.6 is 0 Å². The molecule has 1 saturated carbocycles. The maximum atomic E-state index is 13.6. The number of benzene rings is 2. The number of hydrogen-bond acceptors (Lipinski definition) is 4. The molecule has 32 heavy (non-hydrogen) atoms. The molecular weight excluding hydrogens is 424 g/mol. The van der Waals surface area contributed by atoms with Crippen molar-refractivity contribution in [1.29, 1.82) is 0 Å². The van der Waals surface area contributed by atoms with Crippen molar-refractivity contribution in [3.8, 4) is 0 Å². The van der Waals surface area contributed by atoms with Crippen molar-refractivity contribution in [2.45, 2.75) is 50.8 Å². The SMILES string of the molecule is Cc1ccc(C(NC(=O)C2(c3ccc4c(c3)CS(=O)(=O)N4)CC2)c2ccc(C)o2)c(C)c1. The molecular formula is C25H26N2O4S.